The van der Waals surface area contributed by atoms with Crippen molar-refractivity contribution in [1.82, 2.24) is 0 Å². The second kappa shape index (κ2) is 4.32. The van der Waals surface area contributed by atoms with Crippen LogP contribution in [0.2, 0.25) is 0 Å². The van der Waals surface area contributed by atoms with Gasteiger partial charge in [0.2, 0.25) is 0 Å². The Morgan fingerprint density at radius 3 is 2.81 bits per heavy atom. The third-order valence-corrected chi connectivity index (χ3v) is 3.91. The maximum absolute atomic E-state index is 5.31. The van der Waals surface area contributed by atoms with E-state index < -0.39 is 0 Å². The summed E-state index contributed by atoms with van der Waals surface area (Å²) in [6.45, 7) is 4.59. The molecule has 0 radical (unpaired) electrons. The number of allylic oxidation sites excluding steroid dienone is 2. The molecular weight excluding hydrogens is 196 g/mol. The van der Waals surface area contributed by atoms with E-state index in [0.717, 1.165) is 5.75 Å². The van der Waals surface area contributed by atoms with Crippen LogP contribution in [0.15, 0.2) is 35.9 Å². The first-order valence-electron chi connectivity index (χ1n) is 5.98. The average Bonchev–Trinajstić information content (AvgIpc) is 2.33. The third-order valence-electron chi connectivity index (χ3n) is 3.91. The molecule has 0 saturated carbocycles. The van der Waals surface area contributed by atoms with Gasteiger partial charge in [0.25, 0.3) is 0 Å². The topological polar surface area (TPSA) is 9.23 Å². The van der Waals surface area contributed by atoms with E-state index in [0.29, 0.717) is 0 Å². The van der Waals surface area contributed by atoms with Gasteiger partial charge in [-0.05, 0) is 43.9 Å². The summed E-state index contributed by atoms with van der Waals surface area (Å²) < 4.78 is 5.31. The Balaban J connectivity index is 2.41. The van der Waals surface area contributed by atoms with Crippen LogP contribution in [0.4, 0.5) is 0 Å². The van der Waals surface area contributed by atoms with E-state index in [2.05, 4.69) is 38.1 Å². The van der Waals surface area contributed by atoms with Crippen molar-refractivity contribution in [2.24, 2.45) is 0 Å². The monoisotopic (exact) mass is 216 g/mol. The van der Waals surface area contributed by atoms with Gasteiger partial charge in [-0.1, -0.05) is 30.7 Å². The lowest BCUT2D eigenvalue weighted by molar-refractivity contribution is 0.410. The third kappa shape index (κ3) is 1.87. The number of hydrogen-bond donors (Lipinski definition) is 0. The van der Waals surface area contributed by atoms with E-state index in [1.807, 2.05) is 6.07 Å². The predicted octanol–water partition coefficient (Wildman–Crippen LogP) is 4.08. The fourth-order valence-corrected chi connectivity index (χ4v) is 2.53. The highest BCUT2D eigenvalue weighted by molar-refractivity contribution is 5.40. The van der Waals surface area contributed by atoms with Gasteiger partial charge in [-0.15, -0.1) is 0 Å². The van der Waals surface area contributed by atoms with Crippen LogP contribution in [0.25, 0.3) is 0 Å². The summed E-state index contributed by atoms with van der Waals surface area (Å²) in [4.78, 5) is 0. The van der Waals surface area contributed by atoms with Crippen molar-refractivity contribution < 1.29 is 4.74 Å². The average molecular weight is 216 g/mol. The molecule has 0 bridgehead atoms. The van der Waals surface area contributed by atoms with Crippen molar-refractivity contribution in [2.75, 3.05) is 7.11 Å². The first-order chi connectivity index (χ1) is 7.66. The number of ether oxygens (including phenoxy) is 1. The fourth-order valence-electron chi connectivity index (χ4n) is 2.53. The zero-order chi connectivity index (χ0) is 11.6. The Bertz CT molecular complexity index is 406. The summed E-state index contributed by atoms with van der Waals surface area (Å²) in [5, 5.41) is 0. The van der Waals surface area contributed by atoms with E-state index in [9.17, 15) is 0 Å². The van der Waals surface area contributed by atoms with Gasteiger partial charge in [-0.2, -0.15) is 0 Å². The lowest BCUT2D eigenvalue weighted by atomic mass is 9.70. The normalized spacial score (nSPS) is 25.1. The van der Waals surface area contributed by atoms with Gasteiger partial charge in [-0.25, -0.2) is 0 Å². The molecule has 0 spiro atoms. The zero-order valence-electron chi connectivity index (χ0n) is 10.4. The summed E-state index contributed by atoms with van der Waals surface area (Å²) in [6.07, 6.45) is 6.13. The summed E-state index contributed by atoms with van der Waals surface area (Å²) in [5.74, 6) is 0.956. The summed E-state index contributed by atoms with van der Waals surface area (Å²) in [6, 6.07) is 8.48. The minimum atomic E-state index is 0.201. The van der Waals surface area contributed by atoms with Gasteiger partial charge in [-0.3, -0.25) is 0 Å². The van der Waals surface area contributed by atoms with Gasteiger partial charge >= 0.3 is 0 Å². The van der Waals surface area contributed by atoms with E-state index in [1.54, 1.807) is 7.11 Å². The van der Waals surface area contributed by atoms with Crippen LogP contribution in [0.1, 0.15) is 38.7 Å². The maximum atomic E-state index is 5.31. The van der Waals surface area contributed by atoms with Crippen molar-refractivity contribution in [1.29, 1.82) is 0 Å². The lowest BCUT2D eigenvalue weighted by Crippen LogP contribution is -2.25. The molecule has 0 fully saturated rings. The van der Waals surface area contributed by atoms with Crippen LogP contribution in [0.3, 0.4) is 0 Å². The van der Waals surface area contributed by atoms with Crippen LogP contribution >= 0.6 is 0 Å². The SMILES string of the molecule is COc1cccc(C2(C)CCCC=C2C)c1. The van der Waals surface area contributed by atoms with Crippen LogP contribution in [-0.2, 0) is 5.41 Å². The Kier molecular flexibility index (Phi) is 3.04. The molecular formula is C15H20O. The second-order valence-electron chi connectivity index (χ2n) is 4.84. The minimum absolute atomic E-state index is 0.201. The van der Waals surface area contributed by atoms with Gasteiger partial charge in [0.15, 0.2) is 0 Å². The highest BCUT2D eigenvalue weighted by Gasteiger charge is 2.30. The highest BCUT2D eigenvalue weighted by atomic mass is 16.5. The predicted molar refractivity (Wildman–Crippen MR) is 68.0 cm³/mol. The fraction of sp³-hybridized carbons (Fsp3) is 0.467. The number of rotatable bonds is 2. The first kappa shape index (κ1) is 11.3. The molecule has 1 heteroatoms. The van der Waals surface area contributed by atoms with E-state index in [-0.39, 0.29) is 5.41 Å². The van der Waals surface area contributed by atoms with Crippen molar-refractivity contribution >= 4 is 0 Å². The van der Waals surface area contributed by atoms with E-state index in [1.165, 1.54) is 30.4 Å². The van der Waals surface area contributed by atoms with Crippen LogP contribution in [0.5, 0.6) is 5.75 Å². The second-order valence-corrected chi connectivity index (χ2v) is 4.84. The van der Waals surface area contributed by atoms with E-state index in [4.69, 9.17) is 4.74 Å². The molecule has 1 aromatic rings. The summed E-state index contributed by atoms with van der Waals surface area (Å²) in [7, 11) is 1.73. The summed E-state index contributed by atoms with van der Waals surface area (Å²) >= 11 is 0. The molecule has 0 amide bonds. The number of benzene rings is 1. The zero-order valence-corrected chi connectivity index (χ0v) is 10.4. The Morgan fingerprint density at radius 2 is 2.12 bits per heavy atom. The van der Waals surface area contributed by atoms with Crippen LogP contribution in [-0.4, -0.2) is 7.11 Å². The standard InChI is InChI=1S/C15H20O/c1-12-7-4-5-10-15(12,2)13-8-6-9-14(11-13)16-3/h6-9,11H,4-5,10H2,1-3H3. The van der Waals surface area contributed by atoms with Crippen molar-refractivity contribution in [3.05, 3.63) is 41.5 Å². The number of hydrogen-bond acceptors (Lipinski definition) is 1. The van der Waals surface area contributed by atoms with E-state index >= 15 is 0 Å². The van der Waals surface area contributed by atoms with Gasteiger partial charge in [0.1, 0.15) is 5.75 Å². The lowest BCUT2D eigenvalue weighted by Gasteiger charge is -2.34. The largest absolute Gasteiger partial charge is 0.497 e. The highest BCUT2D eigenvalue weighted by Crippen LogP contribution is 2.40. The van der Waals surface area contributed by atoms with Gasteiger partial charge in [0.05, 0.1) is 7.11 Å². The molecule has 86 valence electrons. The molecule has 16 heavy (non-hydrogen) atoms. The molecule has 1 nitrogen and oxygen atoms in total. The quantitative estimate of drug-likeness (QED) is 0.677. The van der Waals surface area contributed by atoms with Crippen LogP contribution in [0, 0.1) is 0 Å². The number of methoxy groups -OCH3 is 1. The maximum Gasteiger partial charge on any atom is 0.119 e. The van der Waals surface area contributed by atoms with Crippen LogP contribution < -0.4 is 4.74 Å². The molecule has 2 rings (SSSR count). The molecule has 1 aliphatic rings. The molecule has 0 saturated heterocycles. The molecule has 0 N–H and O–H groups in total. The van der Waals surface area contributed by atoms with Crippen molar-refractivity contribution in [3.63, 3.8) is 0 Å². The Morgan fingerprint density at radius 1 is 1.31 bits per heavy atom. The van der Waals surface area contributed by atoms with Gasteiger partial charge in [0, 0.05) is 5.41 Å². The molecule has 1 aliphatic carbocycles. The molecule has 0 aromatic heterocycles. The molecule has 0 aliphatic heterocycles. The molecule has 1 aromatic carbocycles. The van der Waals surface area contributed by atoms with Gasteiger partial charge < -0.3 is 4.74 Å². The summed E-state index contributed by atoms with van der Waals surface area (Å²) in [5.41, 5.74) is 3.07. The first-order valence-corrected chi connectivity index (χ1v) is 5.98. The molecule has 1 unspecified atom stereocenters. The Labute approximate surface area is 98.1 Å². The minimum Gasteiger partial charge on any atom is -0.497 e. The van der Waals surface area contributed by atoms with Crippen molar-refractivity contribution in [3.8, 4) is 5.75 Å². The van der Waals surface area contributed by atoms with Crippen molar-refractivity contribution in [2.45, 2.75) is 38.5 Å². The molecule has 0 heterocycles. The smallest absolute Gasteiger partial charge is 0.119 e. The Hall–Kier alpha value is -1.24. The molecule has 1 atom stereocenters.